The van der Waals surface area contributed by atoms with Gasteiger partial charge in [-0.25, -0.2) is 9.86 Å². The SMILES string of the molecule is NC(=O)N(O)CCOc1ccc2c(c1)CCN(C(=O)c1ccccc1)C2=O. The molecule has 3 rings (SSSR count). The highest BCUT2D eigenvalue weighted by Gasteiger charge is 2.29. The molecule has 0 unspecified atom stereocenters. The maximum atomic E-state index is 12.7. The number of amides is 4. The van der Waals surface area contributed by atoms with E-state index in [0.29, 0.717) is 28.4 Å². The fourth-order valence-corrected chi connectivity index (χ4v) is 2.85. The molecule has 2 aromatic rings. The highest BCUT2D eigenvalue weighted by Crippen LogP contribution is 2.25. The normalized spacial score (nSPS) is 13.1. The molecule has 27 heavy (non-hydrogen) atoms. The van der Waals surface area contributed by atoms with Crippen LogP contribution in [0.4, 0.5) is 4.79 Å². The minimum Gasteiger partial charge on any atom is -0.492 e. The van der Waals surface area contributed by atoms with Gasteiger partial charge in [0, 0.05) is 17.7 Å². The molecule has 0 spiro atoms. The van der Waals surface area contributed by atoms with Crippen molar-refractivity contribution in [1.29, 1.82) is 0 Å². The molecule has 4 amide bonds. The van der Waals surface area contributed by atoms with E-state index in [1.165, 1.54) is 4.90 Å². The first kappa shape index (κ1) is 18.4. The third-order valence-electron chi connectivity index (χ3n) is 4.25. The molecular weight excluding hydrogens is 350 g/mol. The van der Waals surface area contributed by atoms with Gasteiger partial charge in [0.1, 0.15) is 12.4 Å². The van der Waals surface area contributed by atoms with Crippen molar-refractivity contribution < 1.29 is 24.3 Å². The van der Waals surface area contributed by atoms with Gasteiger partial charge in [-0.2, -0.15) is 0 Å². The average Bonchev–Trinajstić information content (AvgIpc) is 2.68. The summed E-state index contributed by atoms with van der Waals surface area (Å²) >= 11 is 0. The van der Waals surface area contributed by atoms with E-state index in [-0.39, 0.29) is 31.5 Å². The molecule has 0 aliphatic carbocycles. The number of primary amides is 1. The zero-order valence-corrected chi connectivity index (χ0v) is 14.5. The van der Waals surface area contributed by atoms with E-state index >= 15 is 0 Å². The Bertz CT molecular complexity index is 869. The summed E-state index contributed by atoms with van der Waals surface area (Å²) in [5.74, 6) is -0.157. The van der Waals surface area contributed by atoms with Crippen LogP contribution in [-0.4, -0.2) is 52.7 Å². The zero-order chi connectivity index (χ0) is 19.4. The predicted octanol–water partition coefficient (Wildman–Crippen LogP) is 1.67. The van der Waals surface area contributed by atoms with Gasteiger partial charge in [-0.3, -0.25) is 19.7 Å². The van der Waals surface area contributed by atoms with Crippen LogP contribution in [0.5, 0.6) is 5.75 Å². The molecular formula is C19H19N3O5. The summed E-state index contributed by atoms with van der Waals surface area (Å²) < 4.78 is 5.47. The largest absolute Gasteiger partial charge is 0.492 e. The Kier molecular flexibility index (Phi) is 5.37. The van der Waals surface area contributed by atoms with Gasteiger partial charge in [0.05, 0.1) is 6.54 Å². The van der Waals surface area contributed by atoms with E-state index in [2.05, 4.69) is 0 Å². The van der Waals surface area contributed by atoms with Crippen molar-refractivity contribution in [1.82, 2.24) is 9.96 Å². The minimum atomic E-state index is -0.960. The van der Waals surface area contributed by atoms with Gasteiger partial charge in [-0.1, -0.05) is 18.2 Å². The van der Waals surface area contributed by atoms with E-state index in [1.807, 2.05) is 6.07 Å². The number of hydrogen-bond donors (Lipinski definition) is 2. The lowest BCUT2D eigenvalue weighted by molar-refractivity contribution is -0.0464. The second kappa shape index (κ2) is 7.88. The molecule has 1 aliphatic heterocycles. The van der Waals surface area contributed by atoms with Crippen LogP contribution in [0, 0.1) is 0 Å². The summed E-state index contributed by atoms with van der Waals surface area (Å²) in [6, 6.07) is 12.7. The summed E-state index contributed by atoms with van der Waals surface area (Å²) in [5.41, 5.74) is 6.62. The summed E-state index contributed by atoms with van der Waals surface area (Å²) in [7, 11) is 0. The molecule has 0 bridgehead atoms. The molecule has 8 heteroatoms. The van der Waals surface area contributed by atoms with Crippen molar-refractivity contribution in [3.05, 3.63) is 65.2 Å². The van der Waals surface area contributed by atoms with E-state index in [9.17, 15) is 19.6 Å². The molecule has 1 aliphatic rings. The van der Waals surface area contributed by atoms with Crippen molar-refractivity contribution in [2.75, 3.05) is 19.7 Å². The fraction of sp³-hybridized carbons (Fsp3) is 0.211. The molecule has 8 nitrogen and oxygen atoms in total. The number of hydrogen-bond acceptors (Lipinski definition) is 5. The van der Waals surface area contributed by atoms with Gasteiger partial charge in [-0.05, 0) is 42.3 Å². The molecule has 0 radical (unpaired) electrons. The van der Waals surface area contributed by atoms with Gasteiger partial charge in [0.15, 0.2) is 0 Å². The second-order valence-electron chi connectivity index (χ2n) is 6.01. The Hall–Kier alpha value is -3.39. The van der Waals surface area contributed by atoms with Crippen molar-refractivity contribution in [2.45, 2.75) is 6.42 Å². The fourth-order valence-electron chi connectivity index (χ4n) is 2.85. The second-order valence-corrected chi connectivity index (χ2v) is 6.01. The number of carbonyl (C=O) groups excluding carboxylic acids is 3. The number of rotatable bonds is 5. The average molecular weight is 369 g/mol. The maximum Gasteiger partial charge on any atom is 0.338 e. The van der Waals surface area contributed by atoms with Crippen molar-refractivity contribution in [3.63, 3.8) is 0 Å². The van der Waals surface area contributed by atoms with Crippen LogP contribution in [0.2, 0.25) is 0 Å². The molecule has 140 valence electrons. The van der Waals surface area contributed by atoms with Crippen LogP contribution < -0.4 is 10.5 Å². The number of nitrogens with zero attached hydrogens (tertiary/aromatic N) is 2. The summed E-state index contributed by atoms with van der Waals surface area (Å²) in [6.07, 6.45) is 0.518. The quantitative estimate of drug-likeness (QED) is 0.473. The molecule has 0 saturated heterocycles. The third-order valence-corrected chi connectivity index (χ3v) is 4.25. The predicted molar refractivity (Wildman–Crippen MR) is 95.5 cm³/mol. The summed E-state index contributed by atoms with van der Waals surface area (Å²) in [6.45, 7) is 0.255. The number of benzene rings is 2. The van der Waals surface area contributed by atoms with Crippen LogP contribution in [0.25, 0.3) is 0 Å². The van der Waals surface area contributed by atoms with Gasteiger partial charge in [0.25, 0.3) is 11.8 Å². The summed E-state index contributed by atoms with van der Waals surface area (Å²) in [4.78, 5) is 37.2. The van der Waals surface area contributed by atoms with Gasteiger partial charge in [0.2, 0.25) is 0 Å². The first-order valence-electron chi connectivity index (χ1n) is 8.40. The molecule has 3 N–H and O–H groups in total. The van der Waals surface area contributed by atoms with E-state index in [0.717, 1.165) is 5.56 Å². The number of nitrogens with two attached hydrogens (primary N) is 1. The first-order valence-corrected chi connectivity index (χ1v) is 8.40. The van der Waals surface area contributed by atoms with Crippen LogP contribution in [-0.2, 0) is 6.42 Å². The molecule has 1 heterocycles. The highest BCUT2D eigenvalue weighted by atomic mass is 16.5. The summed E-state index contributed by atoms with van der Waals surface area (Å²) in [5, 5.41) is 9.56. The van der Waals surface area contributed by atoms with E-state index in [4.69, 9.17) is 10.5 Å². The van der Waals surface area contributed by atoms with Crippen molar-refractivity contribution >= 4 is 17.8 Å². The number of carbonyl (C=O) groups is 3. The number of imide groups is 1. The van der Waals surface area contributed by atoms with E-state index in [1.54, 1.807) is 42.5 Å². The lowest BCUT2D eigenvalue weighted by Gasteiger charge is -2.27. The molecule has 2 aromatic carbocycles. The van der Waals surface area contributed by atoms with Gasteiger partial charge >= 0.3 is 6.03 Å². The highest BCUT2D eigenvalue weighted by molar-refractivity contribution is 6.11. The standard InChI is InChI=1S/C19H19N3O5/c20-19(25)22(26)10-11-27-15-6-7-16-14(12-15)8-9-21(18(16)24)17(23)13-4-2-1-3-5-13/h1-7,12,26H,8-11H2,(H2,20,25). The van der Waals surface area contributed by atoms with Crippen LogP contribution in [0.3, 0.4) is 0 Å². The molecule has 0 atom stereocenters. The van der Waals surface area contributed by atoms with Crippen molar-refractivity contribution in [3.8, 4) is 5.75 Å². The molecule has 0 saturated carbocycles. The van der Waals surface area contributed by atoms with Crippen LogP contribution in [0.15, 0.2) is 48.5 Å². The van der Waals surface area contributed by atoms with E-state index < -0.39 is 6.03 Å². The Labute approximate surface area is 155 Å². The third kappa shape index (κ3) is 4.06. The molecule has 0 aromatic heterocycles. The number of urea groups is 1. The van der Waals surface area contributed by atoms with Gasteiger partial charge < -0.3 is 10.5 Å². The smallest absolute Gasteiger partial charge is 0.338 e. The Morgan fingerprint density at radius 2 is 1.93 bits per heavy atom. The number of ether oxygens (including phenoxy) is 1. The first-order chi connectivity index (χ1) is 13.0. The Balaban J connectivity index is 1.68. The van der Waals surface area contributed by atoms with Gasteiger partial charge in [-0.15, -0.1) is 0 Å². The number of fused-ring (bicyclic) bond motifs is 1. The lowest BCUT2D eigenvalue weighted by Crippen LogP contribution is -2.42. The Morgan fingerprint density at radius 1 is 1.19 bits per heavy atom. The number of hydroxylamine groups is 2. The van der Waals surface area contributed by atoms with Crippen LogP contribution in [0.1, 0.15) is 26.3 Å². The maximum absolute atomic E-state index is 12.7. The lowest BCUT2D eigenvalue weighted by atomic mass is 9.98. The molecule has 0 fully saturated rings. The Morgan fingerprint density at radius 3 is 2.63 bits per heavy atom. The monoisotopic (exact) mass is 369 g/mol. The van der Waals surface area contributed by atoms with Crippen LogP contribution >= 0.6 is 0 Å². The topological polar surface area (TPSA) is 113 Å². The minimum absolute atomic E-state index is 0.0464. The van der Waals surface area contributed by atoms with Crippen molar-refractivity contribution in [2.24, 2.45) is 5.73 Å². The zero-order valence-electron chi connectivity index (χ0n) is 14.5.